The third-order valence-electron chi connectivity index (χ3n) is 3.72. The van der Waals surface area contributed by atoms with E-state index in [0.29, 0.717) is 22.0 Å². The van der Waals surface area contributed by atoms with Crippen molar-refractivity contribution < 1.29 is 14.5 Å². The van der Waals surface area contributed by atoms with Gasteiger partial charge < -0.3 is 10.1 Å². The van der Waals surface area contributed by atoms with Crippen molar-refractivity contribution in [3.8, 4) is 5.75 Å². The Bertz CT molecular complexity index is 957. The number of ether oxygens (including phenoxy) is 1. The number of carbonyl (C=O) groups excluding carboxylic acids is 1. The molecule has 3 rings (SSSR count). The summed E-state index contributed by atoms with van der Waals surface area (Å²) in [5.41, 5.74) is 2.05. The second-order valence-electron chi connectivity index (χ2n) is 5.82. The van der Waals surface area contributed by atoms with Gasteiger partial charge in [0.25, 0.3) is 5.69 Å². The molecule has 0 aliphatic rings. The zero-order valence-corrected chi connectivity index (χ0v) is 15.4. The molecule has 1 N–H and O–H groups in total. The van der Waals surface area contributed by atoms with E-state index < -0.39 is 4.92 Å². The number of hydrogen-bond donors (Lipinski definition) is 1. The highest BCUT2D eigenvalue weighted by Crippen LogP contribution is 2.24. The van der Waals surface area contributed by atoms with Gasteiger partial charge in [0, 0.05) is 22.7 Å². The monoisotopic (exact) mass is 383 g/mol. The number of rotatable bonds is 7. The zero-order valence-electron chi connectivity index (χ0n) is 14.5. The minimum absolute atomic E-state index is 0.0581. The summed E-state index contributed by atoms with van der Waals surface area (Å²) in [4.78, 5) is 26.9. The summed E-state index contributed by atoms with van der Waals surface area (Å²) in [6.45, 7) is 1.89. The minimum atomic E-state index is -0.424. The number of nitro benzene ring substituents is 1. The van der Waals surface area contributed by atoms with Gasteiger partial charge in [-0.1, -0.05) is 18.2 Å². The fraction of sp³-hybridized carbons (Fsp3) is 0.158. The van der Waals surface area contributed by atoms with Gasteiger partial charge >= 0.3 is 0 Å². The summed E-state index contributed by atoms with van der Waals surface area (Å²) >= 11 is 1.39. The first kappa shape index (κ1) is 18.5. The SMILES string of the molecule is Cc1cc(OCc2csc(CC(=O)Nc3ccccc3)n2)ccc1[N+](=O)[O-]. The number of benzene rings is 2. The number of para-hydroxylation sites is 1. The number of anilines is 1. The standard InChI is InChI=1S/C19H17N3O4S/c1-13-9-16(7-8-17(13)22(24)25)26-11-15-12-27-19(21-15)10-18(23)20-14-5-3-2-4-6-14/h2-9,12H,10-11H2,1H3,(H,20,23). The Kier molecular flexibility index (Phi) is 5.77. The summed E-state index contributed by atoms with van der Waals surface area (Å²) < 4.78 is 5.64. The van der Waals surface area contributed by atoms with E-state index in [-0.39, 0.29) is 24.6 Å². The Morgan fingerprint density at radius 2 is 2.04 bits per heavy atom. The molecule has 1 aromatic heterocycles. The normalized spacial score (nSPS) is 10.4. The van der Waals surface area contributed by atoms with Crippen molar-refractivity contribution >= 4 is 28.6 Å². The first-order valence-electron chi connectivity index (χ1n) is 8.17. The van der Waals surface area contributed by atoms with E-state index in [9.17, 15) is 14.9 Å². The van der Waals surface area contributed by atoms with Crippen LogP contribution in [0.3, 0.4) is 0 Å². The first-order chi connectivity index (χ1) is 13.0. The molecule has 0 atom stereocenters. The lowest BCUT2D eigenvalue weighted by molar-refractivity contribution is -0.385. The van der Waals surface area contributed by atoms with Gasteiger partial charge in [-0.25, -0.2) is 4.98 Å². The highest BCUT2D eigenvalue weighted by atomic mass is 32.1. The van der Waals surface area contributed by atoms with Crippen molar-refractivity contribution in [3.05, 3.63) is 80.3 Å². The van der Waals surface area contributed by atoms with Crippen LogP contribution in [0.4, 0.5) is 11.4 Å². The van der Waals surface area contributed by atoms with E-state index in [2.05, 4.69) is 10.3 Å². The summed E-state index contributed by atoms with van der Waals surface area (Å²) in [7, 11) is 0. The predicted octanol–water partition coefficient (Wildman–Crippen LogP) is 4.12. The van der Waals surface area contributed by atoms with E-state index in [1.807, 2.05) is 35.7 Å². The molecule has 0 saturated carbocycles. The topological polar surface area (TPSA) is 94.4 Å². The van der Waals surface area contributed by atoms with Gasteiger partial charge in [0.15, 0.2) is 0 Å². The molecule has 3 aromatic rings. The maximum absolute atomic E-state index is 12.1. The number of hydrogen-bond acceptors (Lipinski definition) is 6. The first-order valence-corrected chi connectivity index (χ1v) is 9.05. The number of aromatic nitrogens is 1. The van der Waals surface area contributed by atoms with Crippen LogP contribution in [0.15, 0.2) is 53.9 Å². The highest BCUT2D eigenvalue weighted by molar-refractivity contribution is 7.09. The molecular weight excluding hydrogens is 366 g/mol. The van der Waals surface area contributed by atoms with E-state index in [0.717, 1.165) is 5.69 Å². The zero-order chi connectivity index (χ0) is 19.2. The number of nitrogens with zero attached hydrogens (tertiary/aromatic N) is 2. The number of thiazole rings is 1. The number of aryl methyl sites for hydroxylation is 1. The van der Waals surface area contributed by atoms with Crippen LogP contribution in [0, 0.1) is 17.0 Å². The molecule has 0 unspecified atom stereocenters. The van der Waals surface area contributed by atoms with Crippen LogP contribution in [0.5, 0.6) is 5.75 Å². The lowest BCUT2D eigenvalue weighted by atomic mass is 10.2. The molecule has 0 radical (unpaired) electrons. The van der Waals surface area contributed by atoms with Gasteiger partial charge in [-0.15, -0.1) is 11.3 Å². The van der Waals surface area contributed by atoms with E-state index in [4.69, 9.17) is 4.74 Å². The van der Waals surface area contributed by atoms with Crippen molar-refractivity contribution in [1.29, 1.82) is 0 Å². The second-order valence-corrected chi connectivity index (χ2v) is 6.76. The molecule has 0 aliphatic heterocycles. The van der Waals surface area contributed by atoms with Crippen LogP contribution in [0.2, 0.25) is 0 Å². The number of amides is 1. The molecule has 138 valence electrons. The Hall–Kier alpha value is -3.26. The number of nitrogens with one attached hydrogen (secondary N) is 1. The molecule has 8 heteroatoms. The van der Waals surface area contributed by atoms with Gasteiger partial charge in [-0.2, -0.15) is 0 Å². The van der Waals surface area contributed by atoms with Gasteiger partial charge in [0.2, 0.25) is 5.91 Å². The van der Waals surface area contributed by atoms with Gasteiger partial charge in [0.05, 0.1) is 17.0 Å². The van der Waals surface area contributed by atoms with E-state index in [1.165, 1.54) is 17.4 Å². The fourth-order valence-corrected chi connectivity index (χ4v) is 3.22. The van der Waals surface area contributed by atoms with Crippen LogP contribution < -0.4 is 10.1 Å². The molecule has 0 spiro atoms. The lowest BCUT2D eigenvalue weighted by Crippen LogP contribution is -2.14. The van der Waals surface area contributed by atoms with Crippen molar-refractivity contribution in [1.82, 2.24) is 4.98 Å². The predicted molar refractivity (Wildman–Crippen MR) is 103 cm³/mol. The minimum Gasteiger partial charge on any atom is -0.487 e. The third kappa shape index (κ3) is 5.11. The average molecular weight is 383 g/mol. The highest BCUT2D eigenvalue weighted by Gasteiger charge is 2.12. The van der Waals surface area contributed by atoms with E-state index in [1.54, 1.807) is 19.1 Å². The molecule has 2 aromatic carbocycles. The van der Waals surface area contributed by atoms with Crippen LogP contribution in [-0.4, -0.2) is 15.8 Å². The Labute approximate surface area is 159 Å². The molecule has 7 nitrogen and oxygen atoms in total. The molecular formula is C19H17N3O4S. The van der Waals surface area contributed by atoms with Crippen LogP contribution in [0.1, 0.15) is 16.3 Å². The van der Waals surface area contributed by atoms with E-state index >= 15 is 0 Å². The Morgan fingerprint density at radius 1 is 1.26 bits per heavy atom. The lowest BCUT2D eigenvalue weighted by Gasteiger charge is -2.05. The molecule has 0 saturated heterocycles. The smallest absolute Gasteiger partial charge is 0.272 e. The van der Waals surface area contributed by atoms with Crippen LogP contribution in [0.25, 0.3) is 0 Å². The van der Waals surface area contributed by atoms with Gasteiger partial charge in [-0.05, 0) is 31.2 Å². The quantitative estimate of drug-likeness (QED) is 0.489. The van der Waals surface area contributed by atoms with Crippen molar-refractivity contribution in [2.45, 2.75) is 20.0 Å². The molecule has 0 aliphatic carbocycles. The summed E-state index contributed by atoms with van der Waals surface area (Å²) in [6.07, 6.45) is 0.191. The van der Waals surface area contributed by atoms with Crippen molar-refractivity contribution in [3.63, 3.8) is 0 Å². The number of nitro groups is 1. The molecule has 0 fully saturated rings. The summed E-state index contributed by atoms with van der Waals surface area (Å²) in [5, 5.41) is 16.2. The maximum Gasteiger partial charge on any atom is 0.272 e. The summed E-state index contributed by atoms with van der Waals surface area (Å²) in [5.74, 6) is 0.406. The largest absolute Gasteiger partial charge is 0.487 e. The summed E-state index contributed by atoms with van der Waals surface area (Å²) in [6, 6.07) is 13.9. The fourth-order valence-electron chi connectivity index (χ4n) is 2.44. The van der Waals surface area contributed by atoms with Gasteiger partial charge in [-0.3, -0.25) is 14.9 Å². The Morgan fingerprint density at radius 3 is 2.74 bits per heavy atom. The van der Waals surface area contributed by atoms with Crippen LogP contribution in [-0.2, 0) is 17.8 Å². The maximum atomic E-state index is 12.1. The number of carbonyl (C=O) groups is 1. The molecule has 1 amide bonds. The molecule has 0 bridgehead atoms. The average Bonchev–Trinajstić information content (AvgIpc) is 3.07. The van der Waals surface area contributed by atoms with Crippen molar-refractivity contribution in [2.24, 2.45) is 0 Å². The van der Waals surface area contributed by atoms with Crippen molar-refractivity contribution in [2.75, 3.05) is 5.32 Å². The molecule has 1 heterocycles. The van der Waals surface area contributed by atoms with Crippen LogP contribution >= 0.6 is 11.3 Å². The third-order valence-corrected chi connectivity index (χ3v) is 4.62. The molecule has 27 heavy (non-hydrogen) atoms. The van der Waals surface area contributed by atoms with Gasteiger partial charge in [0.1, 0.15) is 17.4 Å². The second kappa shape index (κ2) is 8.41. The Balaban J connectivity index is 1.54.